The van der Waals surface area contributed by atoms with E-state index in [1.54, 1.807) is 38.1 Å². The first-order valence-electron chi connectivity index (χ1n) is 8.93. The number of sulfonamides is 1. The number of carbonyl (C=O) groups excluding carboxylic acids is 2. The molecule has 0 fully saturated rings. The Morgan fingerprint density at radius 1 is 1.14 bits per heavy atom. The van der Waals surface area contributed by atoms with Crippen LogP contribution in [0.3, 0.4) is 0 Å². The molecule has 9 heteroatoms. The first kappa shape index (κ1) is 22.5. The maximum atomic E-state index is 13.1. The maximum Gasteiger partial charge on any atom is 0.357 e. The summed E-state index contributed by atoms with van der Waals surface area (Å²) in [4.78, 5) is 28.3. The van der Waals surface area contributed by atoms with E-state index in [-0.39, 0.29) is 23.2 Å². The van der Waals surface area contributed by atoms with Crippen molar-refractivity contribution in [1.29, 1.82) is 0 Å². The molecule has 0 aliphatic carbocycles. The van der Waals surface area contributed by atoms with Crippen molar-refractivity contribution >= 4 is 22.0 Å². The zero-order valence-corrected chi connectivity index (χ0v) is 17.6. The van der Waals surface area contributed by atoms with Gasteiger partial charge in [-0.25, -0.2) is 18.2 Å². The number of pyridine rings is 1. The molecule has 0 aliphatic rings. The fourth-order valence-electron chi connectivity index (χ4n) is 2.50. The van der Waals surface area contributed by atoms with Crippen LogP contribution < -0.4 is 0 Å². The second-order valence-electron chi connectivity index (χ2n) is 6.63. The molecule has 1 heterocycles. The highest BCUT2D eigenvalue weighted by molar-refractivity contribution is 7.89. The van der Waals surface area contributed by atoms with Crippen molar-refractivity contribution in [2.24, 2.45) is 0 Å². The Hall–Kier alpha value is -2.78. The molecule has 2 rings (SSSR count). The average Bonchev–Trinajstić information content (AvgIpc) is 2.67. The number of aryl methyl sites for hydroxylation is 1. The van der Waals surface area contributed by atoms with Gasteiger partial charge in [0.15, 0.2) is 5.69 Å². The van der Waals surface area contributed by atoms with Crippen molar-refractivity contribution < 1.29 is 27.5 Å². The molecular weight excluding hydrogens is 396 g/mol. The van der Waals surface area contributed by atoms with E-state index < -0.39 is 28.5 Å². The van der Waals surface area contributed by atoms with Crippen LogP contribution in [0.2, 0.25) is 0 Å². The summed E-state index contributed by atoms with van der Waals surface area (Å²) in [6.07, 6.45) is 1.05. The molecule has 0 bridgehead atoms. The van der Waals surface area contributed by atoms with E-state index in [1.807, 2.05) is 6.92 Å². The van der Waals surface area contributed by atoms with Crippen molar-refractivity contribution in [3.05, 3.63) is 59.4 Å². The van der Waals surface area contributed by atoms with Crippen LogP contribution in [-0.4, -0.2) is 49.4 Å². The zero-order chi connectivity index (χ0) is 21.6. The summed E-state index contributed by atoms with van der Waals surface area (Å²) in [7, 11) is -2.86. The predicted molar refractivity (Wildman–Crippen MR) is 106 cm³/mol. The van der Waals surface area contributed by atoms with Gasteiger partial charge < -0.3 is 9.47 Å². The van der Waals surface area contributed by atoms with Gasteiger partial charge in [-0.05, 0) is 39.0 Å². The summed E-state index contributed by atoms with van der Waals surface area (Å²) in [6.45, 7) is 4.48. The van der Waals surface area contributed by atoms with Gasteiger partial charge in [-0.3, -0.25) is 4.79 Å². The third-order valence-corrected chi connectivity index (χ3v) is 5.77. The van der Waals surface area contributed by atoms with E-state index in [9.17, 15) is 18.0 Å². The number of ether oxygens (including phenoxy) is 2. The number of hydrogen-bond acceptors (Lipinski definition) is 7. The molecule has 1 aromatic carbocycles. The Morgan fingerprint density at radius 3 is 2.38 bits per heavy atom. The Labute approximate surface area is 170 Å². The molecule has 0 radical (unpaired) electrons. The molecule has 1 aromatic heterocycles. The lowest BCUT2D eigenvalue weighted by Crippen LogP contribution is -2.36. The average molecular weight is 420 g/mol. The quantitative estimate of drug-likeness (QED) is 0.604. The van der Waals surface area contributed by atoms with E-state index in [1.165, 1.54) is 25.4 Å². The Balaban J connectivity index is 2.44. The van der Waals surface area contributed by atoms with Crippen molar-refractivity contribution in [1.82, 2.24) is 9.29 Å². The van der Waals surface area contributed by atoms with Crippen molar-refractivity contribution in [3.63, 3.8) is 0 Å². The van der Waals surface area contributed by atoms with Crippen LogP contribution in [0.15, 0.2) is 47.5 Å². The van der Waals surface area contributed by atoms with Gasteiger partial charge in [-0.2, -0.15) is 4.31 Å². The molecule has 0 amide bonds. The molecule has 29 heavy (non-hydrogen) atoms. The van der Waals surface area contributed by atoms with Crippen LogP contribution in [-0.2, 0) is 30.8 Å². The van der Waals surface area contributed by atoms with Crippen LogP contribution >= 0.6 is 0 Å². The van der Waals surface area contributed by atoms with Crippen molar-refractivity contribution in [2.45, 2.75) is 38.3 Å². The normalized spacial score (nSPS) is 11.5. The number of benzene rings is 1. The predicted octanol–water partition coefficient (Wildman–Crippen LogP) is 2.32. The van der Waals surface area contributed by atoms with Crippen LogP contribution in [0, 0.1) is 6.92 Å². The zero-order valence-electron chi connectivity index (χ0n) is 16.8. The van der Waals surface area contributed by atoms with Gasteiger partial charge in [0, 0.05) is 18.3 Å². The highest BCUT2D eigenvalue weighted by Gasteiger charge is 2.29. The SMILES string of the molecule is COC(=O)CN(Cc1cccnc1C(=O)OC(C)C)S(=O)(=O)c1ccc(C)cc1. The molecule has 0 unspecified atom stereocenters. The number of esters is 2. The largest absolute Gasteiger partial charge is 0.468 e. The lowest BCUT2D eigenvalue weighted by atomic mass is 10.2. The van der Waals surface area contributed by atoms with Crippen molar-refractivity contribution in [3.8, 4) is 0 Å². The van der Waals surface area contributed by atoms with Gasteiger partial charge in [0.1, 0.15) is 6.54 Å². The van der Waals surface area contributed by atoms with Crippen LogP contribution in [0.5, 0.6) is 0 Å². The van der Waals surface area contributed by atoms with Gasteiger partial charge in [0.2, 0.25) is 10.0 Å². The third-order valence-electron chi connectivity index (χ3n) is 3.97. The van der Waals surface area contributed by atoms with E-state index in [0.717, 1.165) is 9.87 Å². The molecule has 8 nitrogen and oxygen atoms in total. The van der Waals surface area contributed by atoms with Crippen molar-refractivity contribution in [2.75, 3.05) is 13.7 Å². The summed E-state index contributed by atoms with van der Waals surface area (Å²) in [6, 6.07) is 9.41. The monoisotopic (exact) mass is 420 g/mol. The van der Waals surface area contributed by atoms with Crippen LogP contribution in [0.25, 0.3) is 0 Å². The molecule has 0 aliphatic heterocycles. The number of methoxy groups -OCH3 is 1. The Kier molecular flexibility index (Phi) is 7.46. The molecule has 0 atom stereocenters. The maximum absolute atomic E-state index is 13.1. The second kappa shape index (κ2) is 9.62. The van der Waals surface area contributed by atoms with Gasteiger partial charge in [0.05, 0.1) is 18.1 Å². The van der Waals surface area contributed by atoms with E-state index in [0.29, 0.717) is 5.56 Å². The third kappa shape index (κ3) is 5.85. The Morgan fingerprint density at radius 2 is 1.79 bits per heavy atom. The summed E-state index contributed by atoms with van der Waals surface area (Å²) in [5.74, 6) is -1.39. The lowest BCUT2D eigenvalue weighted by Gasteiger charge is -2.22. The molecule has 2 aromatic rings. The number of rotatable bonds is 8. The summed E-state index contributed by atoms with van der Waals surface area (Å²) < 4.78 is 37.1. The van der Waals surface area contributed by atoms with Crippen LogP contribution in [0.1, 0.15) is 35.5 Å². The number of hydrogen-bond donors (Lipinski definition) is 0. The highest BCUT2D eigenvalue weighted by Crippen LogP contribution is 2.20. The molecule has 0 saturated carbocycles. The van der Waals surface area contributed by atoms with E-state index in [2.05, 4.69) is 9.72 Å². The first-order valence-corrected chi connectivity index (χ1v) is 10.4. The molecule has 156 valence electrons. The Bertz CT molecular complexity index is 971. The topological polar surface area (TPSA) is 103 Å². The second-order valence-corrected chi connectivity index (χ2v) is 8.57. The molecular formula is C20H24N2O6S. The van der Waals surface area contributed by atoms with Gasteiger partial charge in [-0.15, -0.1) is 0 Å². The lowest BCUT2D eigenvalue weighted by molar-refractivity contribution is -0.140. The van der Waals surface area contributed by atoms with Gasteiger partial charge in [-0.1, -0.05) is 23.8 Å². The summed E-state index contributed by atoms with van der Waals surface area (Å²) in [5, 5.41) is 0. The molecule has 0 spiro atoms. The van der Waals surface area contributed by atoms with E-state index >= 15 is 0 Å². The number of carbonyl (C=O) groups is 2. The fourth-order valence-corrected chi connectivity index (χ4v) is 3.87. The highest BCUT2D eigenvalue weighted by atomic mass is 32.2. The van der Waals surface area contributed by atoms with E-state index in [4.69, 9.17) is 4.74 Å². The minimum atomic E-state index is -4.03. The number of aromatic nitrogens is 1. The minimum Gasteiger partial charge on any atom is -0.468 e. The fraction of sp³-hybridized carbons (Fsp3) is 0.350. The minimum absolute atomic E-state index is 0.00447. The number of nitrogens with zero attached hydrogens (tertiary/aromatic N) is 2. The first-order chi connectivity index (χ1) is 13.6. The summed E-state index contributed by atoms with van der Waals surface area (Å²) >= 11 is 0. The molecule has 0 saturated heterocycles. The van der Waals surface area contributed by atoms with Gasteiger partial charge >= 0.3 is 11.9 Å². The van der Waals surface area contributed by atoms with Crippen LogP contribution in [0.4, 0.5) is 0 Å². The molecule has 0 N–H and O–H groups in total. The van der Waals surface area contributed by atoms with Gasteiger partial charge in [0.25, 0.3) is 0 Å². The smallest absolute Gasteiger partial charge is 0.357 e. The summed E-state index contributed by atoms with van der Waals surface area (Å²) in [5.41, 5.74) is 1.21. The standard InChI is InChI=1S/C20H24N2O6S/c1-14(2)28-20(24)19-16(6-5-11-21-19)12-22(13-18(23)27-4)29(25,26)17-9-7-15(3)8-10-17/h5-11,14H,12-13H2,1-4H3.